The first kappa shape index (κ1) is 14.0. The van der Waals surface area contributed by atoms with E-state index in [9.17, 15) is 0 Å². The van der Waals surface area contributed by atoms with Crippen molar-refractivity contribution in [2.24, 2.45) is 0 Å². The van der Waals surface area contributed by atoms with Crippen molar-refractivity contribution < 1.29 is 0 Å². The van der Waals surface area contributed by atoms with Gasteiger partial charge in [-0.1, -0.05) is 43.5 Å². The average Bonchev–Trinajstić information content (AvgIpc) is 2.71. The van der Waals surface area contributed by atoms with E-state index in [1.807, 2.05) is 18.2 Å². The minimum atomic E-state index is 0.292. The molecule has 0 amide bonds. The van der Waals surface area contributed by atoms with Gasteiger partial charge >= 0.3 is 0 Å². The lowest BCUT2D eigenvalue weighted by atomic mass is 10.2. The maximum absolute atomic E-state index is 6.08. The molecule has 2 rings (SSSR count). The van der Waals surface area contributed by atoms with Crippen LogP contribution in [-0.2, 0) is 5.33 Å². The van der Waals surface area contributed by atoms with Gasteiger partial charge in [-0.05, 0) is 32.0 Å². The molecule has 0 aliphatic carbocycles. The fraction of sp³-hybridized carbons (Fsp3) is 0.333. The Labute approximate surface area is 128 Å². The topological polar surface area (TPSA) is 30.7 Å². The van der Waals surface area contributed by atoms with Crippen LogP contribution in [0, 0.1) is 0 Å². The third kappa shape index (κ3) is 2.78. The van der Waals surface area contributed by atoms with E-state index in [0.29, 0.717) is 16.4 Å². The first-order valence-corrected chi connectivity index (χ1v) is 7.78. The zero-order chi connectivity index (χ0) is 13.3. The van der Waals surface area contributed by atoms with Crippen LogP contribution in [0.2, 0.25) is 5.02 Å². The monoisotopic (exact) mass is 391 g/mol. The van der Waals surface area contributed by atoms with Crippen LogP contribution in [0.5, 0.6) is 0 Å². The molecule has 0 unspecified atom stereocenters. The SMILES string of the molecule is CC(C)n1c(CBr)nnc1-c1cc(Cl)cc(Br)c1. The van der Waals surface area contributed by atoms with Crippen LogP contribution in [0.3, 0.4) is 0 Å². The fourth-order valence-corrected chi connectivity index (χ4v) is 3.08. The second-order valence-corrected chi connectivity index (χ2v) is 6.11. The van der Waals surface area contributed by atoms with E-state index in [1.165, 1.54) is 0 Å². The molecule has 2 aromatic rings. The molecule has 1 aromatic carbocycles. The van der Waals surface area contributed by atoms with Gasteiger partial charge in [0.2, 0.25) is 0 Å². The predicted molar refractivity (Wildman–Crippen MR) is 81.2 cm³/mol. The van der Waals surface area contributed by atoms with E-state index in [1.54, 1.807) is 0 Å². The number of nitrogens with zero attached hydrogens (tertiary/aromatic N) is 3. The van der Waals surface area contributed by atoms with Crippen LogP contribution < -0.4 is 0 Å². The van der Waals surface area contributed by atoms with Crippen molar-refractivity contribution in [2.75, 3.05) is 0 Å². The van der Waals surface area contributed by atoms with Gasteiger partial charge in [-0.25, -0.2) is 0 Å². The molecule has 96 valence electrons. The Morgan fingerprint density at radius 3 is 2.56 bits per heavy atom. The van der Waals surface area contributed by atoms with E-state index in [4.69, 9.17) is 11.6 Å². The molecule has 0 radical (unpaired) electrons. The summed E-state index contributed by atoms with van der Waals surface area (Å²) in [6.45, 7) is 4.22. The summed E-state index contributed by atoms with van der Waals surface area (Å²) in [5.41, 5.74) is 0.961. The number of alkyl halides is 1. The van der Waals surface area contributed by atoms with Crippen molar-refractivity contribution >= 4 is 43.5 Å². The van der Waals surface area contributed by atoms with Crippen molar-refractivity contribution in [1.29, 1.82) is 0 Å². The van der Waals surface area contributed by atoms with E-state index in [2.05, 4.69) is 60.5 Å². The molecule has 0 aliphatic heterocycles. The Bertz CT molecular complexity index is 546. The average molecular weight is 394 g/mol. The van der Waals surface area contributed by atoms with Gasteiger partial charge in [0.25, 0.3) is 0 Å². The highest BCUT2D eigenvalue weighted by Gasteiger charge is 2.16. The molecule has 0 spiro atoms. The van der Waals surface area contributed by atoms with Crippen LogP contribution in [-0.4, -0.2) is 14.8 Å². The molecule has 0 saturated carbocycles. The Kier molecular flexibility index (Phi) is 4.45. The largest absolute Gasteiger partial charge is 0.308 e. The Morgan fingerprint density at radius 2 is 2.00 bits per heavy atom. The summed E-state index contributed by atoms with van der Waals surface area (Å²) < 4.78 is 3.04. The molecular formula is C12H12Br2ClN3. The van der Waals surface area contributed by atoms with Crippen molar-refractivity contribution in [1.82, 2.24) is 14.8 Å². The Hall–Kier alpha value is -0.390. The lowest BCUT2D eigenvalue weighted by Gasteiger charge is -2.13. The van der Waals surface area contributed by atoms with Gasteiger partial charge in [-0.3, -0.25) is 0 Å². The lowest BCUT2D eigenvalue weighted by molar-refractivity contribution is 0.586. The summed E-state index contributed by atoms with van der Waals surface area (Å²) >= 11 is 13.0. The minimum Gasteiger partial charge on any atom is -0.308 e. The van der Waals surface area contributed by atoms with Crippen LogP contribution >= 0.6 is 43.5 Å². The van der Waals surface area contributed by atoms with Crippen LogP contribution in [0.15, 0.2) is 22.7 Å². The molecule has 18 heavy (non-hydrogen) atoms. The first-order chi connectivity index (χ1) is 8.52. The summed E-state index contributed by atoms with van der Waals surface area (Å²) in [6.07, 6.45) is 0. The highest BCUT2D eigenvalue weighted by molar-refractivity contribution is 9.10. The van der Waals surface area contributed by atoms with Gasteiger partial charge in [-0.15, -0.1) is 10.2 Å². The third-order valence-corrected chi connectivity index (χ3v) is 3.70. The Morgan fingerprint density at radius 1 is 1.28 bits per heavy atom. The van der Waals surface area contributed by atoms with E-state index in [0.717, 1.165) is 21.7 Å². The summed E-state index contributed by atoms with van der Waals surface area (Å²) in [5.74, 6) is 1.75. The number of hydrogen-bond acceptors (Lipinski definition) is 2. The molecule has 0 N–H and O–H groups in total. The maximum Gasteiger partial charge on any atom is 0.164 e. The van der Waals surface area contributed by atoms with Crippen LogP contribution in [0.4, 0.5) is 0 Å². The first-order valence-electron chi connectivity index (χ1n) is 5.49. The van der Waals surface area contributed by atoms with E-state index in [-0.39, 0.29) is 0 Å². The Balaban J connectivity index is 2.60. The molecule has 1 aromatic heterocycles. The molecule has 1 heterocycles. The number of hydrogen-bond donors (Lipinski definition) is 0. The molecule has 3 nitrogen and oxygen atoms in total. The quantitative estimate of drug-likeness (QED) is 0.699. The molecule has 0 saturated heterocycles. The summed E-state index contributed by atoms with van der Waals surface area (Å²) in [4.78, 5) is 0. The molecular weight excluding hydrogens is 381 g/mol. The van der Waals surface area contributed by atoms with Crippen molar-refractivity contribution in [2.45, 2.75) is 25.2 Å². The summed E-state index contributed by atoms with van der Waals surface area (Å²) in [7, 11) is 0. The number of benzene rings is 1. The van der Waals surface area contributed by atoms with Crippen molar-refractivity contribution in [3.05, 3.63) is 33.5 Å². The molecule has 0 atom stereocenters. The van der Waals surface area contributed by atoms with Crippen LogP contribution in [0.1, 0.15) is 25.7 Å². The van der Waals surface area contributed by atoms with Crippen molar-refractivity contribution in [3.63, 3.8) is 0 Å². The standard InChI is InChI=1S/C12H12Br2ClN3/c1-7(2)18-11(6-13)16-17-12(18)8-3-9(14)5-10(15)4-8/h3-5,7H,6H2,1-2H3. The van der Waals surface area contributed by atoms with Gasteiger partial charge in [0.1, 0.15) is 5.82 Å². The molecule has 0 bridgehead atoms. The molecule has 0 fully saturated rings. The second kappa shape index (κ2) is 5.72. The van der Waals surface area contributed by atoms with Gasteiger partial charge < -0.3 is 4.57 Å². The van der Waals surface area contributed by atoms with Gasteiger partial charge in [0.05, 0.1) is 5.33 Å². The highest BCUT2D eigenvalue weighted by Crippen LogP contribution is 2.28. The van der Waals surface area contributed by atoms with Gasteiger partial charge in [-0.2, -0.15) is 0 Å². The summed E-state index contributed by atoms with van der Waals surface area (Å²) in [5, 5.41) is 9.82. The zero-order valence-electron chi connectivity index (χ0n) is 9.99. The zero-order valence-corrected chi connectivity index (χ0v) is 13.9. The van der Waals surface area contributed by atoms with Gasteiger partial charge in [0.15, 0.2) is 5.82 Å². The lowest BCUT2D eigenvalue weighted by Crippen LogP contribution is -2.06. The van der Waals surface area contributed by atoms with E-state index < -0.39 is 0 Å². The number of rotatable bonds is 3. The van der Waals surface area contributed by atoms with Gasteiger partial charge in [0, 0.05) is 21.1 Å². The van der Waals surface area contributed by atoms with Crippen molar-refractivity contribution in [3.8, 4) is 11.4 Å². The normalized spacial score (nSPS) is 11.2. The van der Waals surface area contributed by atoms with E-state index >= 15 is 0 Å². The third-order valence-electron chi connectivity index (χ3n) is 2.52. The fourth-order valence-electron chi connectivity index (χ4n) is 1.84. The number of aromatic nitrogens is 3. The van der Waals surface area contributed by atoms with Crippen LogP contribution in [0.25, 0.3) is 11.4 Å². The molecule has 6 heteroatoms. The molecule has 0 aliphatic rings. The highest BCUT2D eigenvalue weighted by atomic mass is 79.9. The maximum atomic E-state index is 6.08. The predicted octanol–water partition coefficient (Wildman–Crippen LogP) is 4.84. The second-order valence-electron chi connectivity index (χ2n) is 4.20. The minimum absolute atomic E-state index is 0.292. The number of halogens is 3. The smallest absolute Gasteiger partial charge is 0.164 e. The summed E-state index contributed by atoms with van der Waals surface area (Å²) in [6, 6.07) is 6.03.